The molecule has 3 aliphatic rings. The molecule has 0 aromatic rings. The Morgan fingerprint density at radius 2 is 2.05 bits per heavy atom. The Kier molecular flexibility index (Phi) is 3.80. The van der Waals surface area contributed by atoms with Crippen LogP contribution in [0.1, 0.15) is 39.5 Å². The van der Waals surface area contributed by atoms with Gasteiger partial charge < -0.3 is 15.3 Å². The Hall–Kier alpha value is -0.610. The molecule has 20 heavy (non-hydrogen) atoms. The van der Waals surface area contributed by atoms with Crippen molar-refractivity contribution in [1.82, 2.24) is 10.2 Å². The van der Waals surface area contributed by atoms with E-state index in [2.05, 4.69) is 19.2 Å². The third-order valence-electron chi connectivity index (χ3n) is 5.97. The van der Waals surface area contributed by atoms with Gasteiger partial charge in [0.05, 0.1) is 6.10 Å². The molecule has 4 heteroatoms. The lowest BCUT2D eigenvalue weighted by Gasteiger charge is -2.38. The summed E-state index contributed by atoms with van der Waals surface area (Å²) in [5.41, 5.74) is -0.281. The molecule has 1 saturated carbocycles. The fraction of sp³-hybridized carbons (Fsp3) is 0.938. The number of likely N-dealkylation sites (tertiary alicyclic amines) is 1. The lowest BCUT2D eigenvalue weighted by Crippen LogP contribution is -2.48. The Bertz CT molecular complexity index is 377. The lowest BCUT2D eigenvalue weighted by molar-refractivity contribution is -0.143. The number of amides is 1. The summed E-state index contributed by atoms with van der Waals surface area (Å²) in [6.45, 7) is 7.90. The van der Waals surface area contributed by atoms with Crippen LogP contribution >= 0.6 is 0 Å². The highest BCUT2D eigenvalue weighted by Gasteiger charge is 2.47. The standard InChI is InChI=1S/C16H28N2O2/c1-16(2,12-4-3-7-17-8-12)15(20)18-9-11-5-6-14(19)13(11)10-18/h11-14,17,19H,3-10H2,1-2H3. The van der Waals surface area contributed by atoms with Gasteiger partial charge in [0.2, 0.25) is 5.91 Å². The molecule has 0 radical (unpaired) electrons. The first-order valence-electron chi connectivity index (χ1n) is 8.18. The molecule has 0 bridgehead atoms. The first-order valence-corrected chi connectivity index (χ1v) is 8.18. The first-order chi connectivity index (χ1) is 9.50. The number of fused-ring (bicyclic) bond motifs is 1. The number of piperidine rings is 1. The quantitative estimate of drug-likeness (QED) is 0.800. The van der Waals surface area contributed by atoms with Crippen molar-refractivity contribution in [3.63, 3.8) is 0 Å². The Morgan fingerprint density at radius 3 is 2.70 bits per heavy atom. The van der Waals surface area contributed by atoms with Crippen LogP contribution in [0.4, 0.5) is 0 Å². The molecule has 3 rings (SSSR count). The van der Waals surface area contributed by atoms with Crippen molar-refractivity contribution in [2.75, 3.05) is 26.2 Å². The van der Waals surface area contributed by atoms with E-state index in [1.807, 2.05) is 4.90 Å². The number of hydrogen-bond donors (Lipinski definition) is 2. The van der Waals surface area contributed by atoms with Crippen LogP contribution in [0.2, 0.25) is 0 Å². The maximum atomic E-state index is 12.9. The second-order valence-corrected chi connectivity index (χ2v) is 7.54. The van der Waals surface area contributed by atoms with Crippen LogP contribution in [-0.4, -0.2) is 48.2 Å². The Morgan fingerprint density at radius 1 is 1.25 bits per heavy atom. The van der Waals surface area contributed by atoms with Crippen LogP contribution in [-0.2, 0) is 4.79 Å². The third-order valence-corrected chi connectivity index (χ3v) is 5.97. The molecule has 2 N–H and O–H groups in total. The van der Waals surface area contributed by atoms with Gasteiger partial charge in [0.15, 0.2) is 0 Å². The number of nitrogens with one attached hydrogen (secondary N) is 1. The molecular weight excluding hydrogens is 252 g/mol. The molecule has 1 amide bonds. The van der Waals surface area contributed by atoms with Gasteiger partial charge in [0, 0.05) is 24.4 Å². The highest BCUT2D eigenvalue weighted by Crippen LogP contribution is 2.41. The van der Waals surface area contributed by atoms with E-state index in [1.54, 1.807) is 0 Å². The zero-order chi connectivity index (χ0) is 14.3. The summed E-state index contributed by atoms with van der Waals surface area (Å²) in [5, 5.41) is 13.4. The van der Waals surface area contributed by atoms with Gasteiger partial charge in [0.25, 0.3) is 0 Å². The number of aliphatic hydroxyl groups is 1. The van der Waals surface area contributed by atoms with Crippen molar-refractivity contribution < 1.29 is 9.90 Å². The van der Waals surface area contributed by atoms with E-state index in [1.165, 1.54) is 6.42 Å². The molecule has 2 heterocycles. The maximum Gasteiger partial charge on any atom is 0.228 e. The summed E-state index contributed by atoms with van der Waals surface area (Å²) in [6, 6.07) is 0. The zero-order valence-electron chi connectivity index (χ0n) is 12.8. The minimum Gasteiger partial charge on any atom is -0.393 e. The number of carbonyl (C=O) groups is 1. The molecule has 1 aliphatic carbocycles. The fourth-order valence-corrected chi connectivity index (χ4v) is 4.45. The van der Waals surface area contributed by atoms with Crippen molar-refractivity contribution in [3.8, 4) is 0 Å². The second kappa shape index (κ2) is 5.30. The van der Waals surface area contributed by atoms with E-state index in [9.17, 15) is 9.90 Å². The minimum absolute atomic E-state index is 0.183. The molecule has 0 aromatic carbocycles. The fourth-order valence-electron chi connectivity index (χ4n) is 4.45. The average Bonchev–Trinajstić information content (AvgIpc) is 3.01. The average molecular weight is 280 g/mol. The molecule has 3 fully saturated rings. The van der Waals surface area contributed by atoms with Crippen LogP contribution in [0.5, 0.6) is 0 Å². The number of nitrogens with zero attached hydrogens (tertiary/aromatic N) is 1. The largest absolute Gasteiger partial charge is 0.393 e. The van der Waals surface area contributed by atoms with Gasteiger partial charge >= 0.3 is 0 Å². The van der Waals surface area contributed by atoms with Gasteiger partial charge in [-0.15, -0.1) is 0 Å². The van der Waals surface area contributed by atoms with Gasteiger partial charge in [-0.05, 0) is 50.6 Å². The van der Waals surface area contributed by atoms with E-state index in [-0.39, 0.29) is 11.5 Å². The van der Waals surface area contributed by atoms with Crippen LogP contribution in [0, 0.1) is 23.2 Å². The molecule has 4 atom stereocenters. The van der Waals surface area contributed by atoms with E-state index in [4.69, 9.17) is 0 Å². The summed E-state index contributed by atoms with van der Waals surface area (Å²) in [5.74, 6) is 1.61. The van der Waals surface area contributed by atoms with E-state index in [0.717, 1.165) is 45.4 Å². The SMILES string of the molecule is CC(C)(C(=O)N1CC2CCC(O)C2C1)C1CCCNC1. The van der Waals surface area contributed by atoms with E-state index >= 15 is 0 Å². The summed E-state index contributed by atoms with van der Waals surface area (Å²) in [6.07, 6.45) is 4.15. The predicted molar refractivity (Wildman–Crippen MR) is 78.2 cm³/mol. The maximum absolute atomic E-state index is 12.9. The van der Waals surface area contributed by atoms with E-state index in [0.29, 0.717) is 23.7 Å². The van der Waals surface area contributed by atoms with Crippen LogP contribution in [0.3, 0.4) is 0 Å². The van der Waals surface area contributed by atoms with Crippen LogP contribution in [0.15, 0.2) is 0 Å². The van der Waals surface area contributed by atoms with E-state index < -0.39 is 0 Å². The lowest BCUT2D eigenvalue weighted by atomic mass is 9.74. The van der Waals surface area contributed by atoms with Crippen molar-refractivity contribution in [2.45, 2.75) is 45.6 Å². The smallest absolute Gasteiger partial charge is 0.228 e. The molecule has 114 valence electrons. The van der Waals surface area contributed by atoms with Gasteiger partial charge in [-0.25, -0.2) is 0 Å². The Labute approximate surface area is 121 Å². The third kappa shape index (κ3) is 2.37. The molecular formula is C16H28N2O2. The summed E-state index contributed by atoms with van der Waals surface area (Å²) in [7, 11) is 0. The highest BCUT2D eigenvalue weighted by atomic mass is 16.3. The predicted octanol–water partition coefficient (Wildman–Crippen LogP) is 1.24. The number of rotatable bonds is 2. The van der Waals surface area contributed by atoms with Crippen molar-refractivity contribution in [1.29, 1.82) is 0 Å². The van der Waals surface area contributed by atoms with Crippen LogP contribution in [0.25, 0.3) is 0 Å². The summed E-state index contributed by atoms with van der Waals surface area (Å²) in [4.78, 5) is 15.0. The zero-order valence-corrected chi connectivity index (χ0v) is 12.8. The van der Waals surface area contributed by atoms with Crippen LogP contribution < -0.4 is 5.32 Å². The summed E-state index contributed by atoms with van der Waals surface area (Å²) >= 11 is 0. The number of hydrogen-bond acceptors (Lipinski definition) is 3. The van der Waals surface area contributed by atoms with Gasteiger partial charge in [-0.3, -0.25) is 4.79 Å². The van der Waals surface area contributed by atoms with Gasteiger partial charge in [0.1, 0.15) is 0 Å². The molecule has 0 aromatic heterocycles. The first kappa shape index (κ1) is 14.3. The second-order valence-electron chi connectivity index (χ2n) is 7.54. The Balaban J connectivity index is 1.66. The van der Waals surface area contributed by atoms with Gasteiger partial charge in [-0.1, -0.05) is 13.8 Å². The monoisotopic (exact) mass is 280 g/mol. The molecule has 2 saturated heterocycles. The summed E-state index contributed by atoms with van der Waals surface area (Å²) < 4.78 is 0. The molecule has 4 unspecified atom stereocenters. The normalized spacial score (nSPS) is 38.0. The topological polar surface area (TPSA) is 52.6 Å². The number of aliphatic hydroxyl groups excluding tert-OH is 1. The van der Waals surface area contributed by atoms with Crippen molar-refractivity contribution in [3.05, 3.63) is 0 Å². The van der Waals surface area contributed by atoms with Crippen molar-refractivity contribution in [2.24, 2.45) is 23.2 Å². The highest BCUT2D eigenvalue weighted by molar-refractivity contribution is 5.82. The van der Waals surface area contributed by atoms with Gasteiger partial charge in [-0.2, -0.15) is 0 Å². The minimum atomic E-state index is -0.281. The molecule has 2 aliphatic heterocycles. The molecule has 4 nitrogen and oxygen atoms in total. The van der Waals surface area contributed by atoms with Crippen molar-refractivity contribution >= 4 is 5.91 Å². The molecule has 0 spiro atoms. The number of carbonyl (C=O) groups excluding carboxylic acids is 1.